The molecule has 1 amide bonds. The molecule has 0 radical (unpaired) electrons. The first-order chi connectivity index (χ1) is 14.1. The van der Waals surface area contributed by atoms with Gasteiger partial charge in [-0.2, -0.15) is 0 Å². The maximum Gasteiger partial charge on any atom is 0.328 e. The largest absolute Gasteiger partial charge is 0.467 e. The number of ether oxygens (including phenoxy) is 1. The number of piperidine rings is 1. The first-order valence-electron chi connectivity index (χ1n) is 10.4. The predicted octanol–water partition coefficient (Wildman–Crippen LogP) is 1.42. The molecule has 1 atom stereocenters. The molecule has 1 saturated heterocycles. The van der Waals surface area contributed by atoms with Gasteiger partial charge in [0.05, 0.1) is 20.2 Å². The van der Waals surface area contributed by atoms with Gasteiger partial charge in [0, 0.05) is 6.42 Å². The molecule has 1 fully saturated rings. The molecule has 1 aliphatic rings. The molecule has 0 unspecified atom stereocenters. The van der Waals surface area contributed by atoms with Crippen molar-refractivity contribution in [3.05, 3.63) is 71.8 Å². The normalized spacial score (nSPS) is 19.9. The Morgan fingerprint density at radius 3 is 2.17 bits per heavy atom. The van der Waals surface area contributed by atoms with Gasteiger partial charge in [-0.3, -0.25) is 4.79 Å². The van der Waals surface area contributed by atoms with Crippen LogP contribution in [0.5, 0.6) is 0 Å². The van der Waals surface area contributed by atoms with E-state index in [2.05, 4.69) is 29.6 Å². The average molecular weight is 396 g/mol. The van der Waals surface area contributed by atoms with E-state index in [0.29, 0.717) is 18.9 Å². The van der Waals surface area contributed by atoms with E-state index >= 15 is 0 Å². The Balaban J connectivity index is 1.46. The topological polar surface area (TPSA) is 59.8 Å². The van der Waals surface area contributed by atoms with Crippen molar-refractivity contribution in [1.29, 1.82) is 0 Å². The number of nitrogens with one attached hydrogen (secondary N) is 2. The molecule has 5 nitrogen and oxygen atoms in total. The highest BCUT2D eigenvalue weighted by atomic mass is 16.5. The summed E-state index contributed by atoms with van der Waals surface area (Å²) in [6.07, 6.45) is 3.81. The van der Waals surface area contributed by atoms with Crippen molar-refractivity contribution in [3.8, 4) is 0 Å². The molecule has 1 heterocycles. The predicted molar refractivity (Wildman–Crippen MR) is 113 cm³/mol. The highest BCUT2D eigenvalue weighted by Crippen LogP contribution is 2.16. The number of likely N-dealkylation sites (tertiary alicyclic amines) is 1. The van der Waals surface area contributed by atoms with Crippen LogP contribution in [0.25, 0.3) is 0 Å². The Hall–Kier alpha value is -2.66. The molecule has 0 saturated carbocycles. The molecule has 2 N–H and O–H groups in total. The van der Waals surface area contributed by atoms with Crippen molar-refractivity contribution in [1.82, 2.24) is 5.32 Å². The zero-order valence-electron chi connectivity index (χ0n) is 17.1. The van der Waals surface area contributed by atoms with Crippen molar-refractivity contribution in [2.24, 2.45) is 5.92 Å². The number of esters is 1. The molecule has 3 rings (SSSR count). The van der Waals surface area contributed by atoms with Gasteiger partial charge in [0.15, 0.2) is 6.54 Å². The minimum absolute atomic E-state index is 0.0900. The Morgan fingerprint density at radius 1 is 1.00 bits per heavy atom. The van der Waals surface area contributed by atoms with Gasteiger partial charge in [0.1, 0.15) is 6.04 Å². The van der Waals surface area contributed by atoms with Gasteiger partial charge in [-0.05, 0) is 36.3 Å². The lowest BCUT2D eigenvalue weighted by molar-refractivity contribution is -0.898. The molecule has 0 bridgehead atoms. The Kier molecular flexibility index (Phi) is 7.82. The van der Waals surface area contributed by atoms with E-state index in [9.17, 15) is 9.59 Å². The number of carbonyl (C=O) groups excluding carboxylic acids is 2. The SMILES string of the molecule is COC(=O)[C@H](Cc1ccccc1)NC(=O)C[NH+]1CCC(Cc2ccccc2)CC1. The van der Waals surface area contributed by atoms with Crippen LogP contribution < -0.4 is 10.2 Å². The van der Waals surface area contributed by atoms with Crippen LogP contribution in [-0.2, 0) is 27.2 Å². The molecule has 0 spiro atoms. The molecular formula is C24H31N2O3+. The summed E-state index contributed by atoms with van der Waals surface area (Å²) in [5, 5.41) is 2.88. The maximum atomic E-state index is 12.6. The van der Waals surface area contributed by atoms with Crippen LogP contribution in [0.3, 0.4) is 0 Å². The minimum atomic E-state index is -0.648. The van der Waals surface area contributed by atoms with Gasteiger partial charge in [0.25, 0.3) is 5.91 Å². The molecular weight excluding hydrogens is 364 g/mol. The fourth-order valence-electron chi connectivity index (χ4n) is 4.07. The fourth-order valence-corrected chi connectivity index (χ4v) is 4.07. The number of carbonyl (C=O) groups is 2. The lowest BCUT2D eigenvalue weighted by Crippen LogP contribution is -3.14. The van der Waals surface area contributed by atoms with Gasteiger partial charge >= 0.3 is 5.97 Å². The number of benzene rings is 2. The zero-order chi connectivity index (χ0) is 20.5. The molecule has 0 aromatic heterocycles. The summed E-state index contributed by atoms with van der Waals surface area (Å²) < 4.78 is 4.89. The van der Waals surface area contributed by atoms with Gasteiger partial charge in [-0.25, -0.2) is 4.79 Å². The molecule has 2 aromatic carbocycles. The second kappa shape index (κ2) is 10.8. The first-order valence-corrected chi connectivity index (χ1v) is 10.4. The summed E-state index contributed by atoms with van der Waals surface area (Å²) in [5.74, 6) is 0.191. The van der Waals surface area contributed by atoms with Crippen LogP contribution in [0.15, 0.2) is 60.7 Å². The Bertz CT molecular complexity index is 771. The third-order valence-electron chi connectivity index (χ3n) is 5.69. The average Bonchev–Trinajstić information content (AvgIpc) is 2.75. The standard InChI is InChI=1S/C24H30N2O3/c1-29-24(28)22(17-20-10-6-3-7-11-20)25-23(27)18-26-14-12-21(13-15-26)16-19-8-4-2-5-9-19/h2-11,21-22H,12-18H2,1H3,(H,25,27)/p+1/t22-/m0/s1. The van der Waals surface area contributed by atoms with E-state index in [-0.39, 0.29) is 5.91 Å². The van der Waals surface area contributed by atoms with E-state index < -0.39 is 12.0 Å². The van der Waals surface area contributed by atoms with Crippen LogP contribution in [0.4, 0.5) is 0 Å². The fraction of sp³-hybridized carbons (Fsp3) is 0.417. The highest BCUT2D eigenvalue weighted by molar-refractivity contribution is 5.85. The maximum absolute atomic E-state index is 12.6. The summed E-state index contributed by atoms with van der Waals surface area (Å²) >= 11 is 0. The summed E-state index contributed by atoms with van der Waals surface area (Å²) in [5.41, 5.74) is 2.39. The number of rotatable bonds is 8. The van der Waals surface area contributed by atoms with Crippen molar-refractivity contribution in [2.75, 3.05) is 26.7 Å². The van der Waals surface area contributed by atoms with E-state index in [1.54, 1.807) is 0 Å². The summed E-state index contributed by atoms with van der Waals surface area (Å²) in [7, 11) is 1.36. The van der Waals surface area contributed by atoms with E-state index in [4.69, 9.17) is 4.74 Å². The van der Waals surface area contributed by atoms with Crippen LogP contribution in [0.2, 0.25) is 0 Å². The van der Waals surface area contributed by atoms with Crippen LogP contribution >= 0.6 is 0 Å². The monoisotopic (exact) mass is 395 g/mol. The van der Waals surface area contributed by atoms with Gasteiger partial charge in [-0.15, -0.1) is 0 Å². The molecule has 5 heteroatoms. The van der Waals surface area contributed by atoms with Gasteiger partial charge in [0.2, 0.25) is 0 Å². The number of hydrogen-bond donors (Lipinski definition) is 2. The minimum Gasteiger partial charge on any atom is -0.467 e. The van der Waals surface area contributed by atoms with Crippen molar-refractivity contribution in [2.45, 2.75) is 31.7 Å². The third-order valence-corrected chi connectivity index (χ3v) is 5.69. The second-order valence-corrected chi connectivity index (χ2v) is 7.89. The zero-order valence-corrected chi connectivity index (χ0v) is 17.1. The van der Waals surface area contributed by atoms with Gasteiger partial charge < -0.3 is 15.0 Å². The number of hydrogen-bond acceptors (Lipinski definition) is 3. The van der Waals surface area contributed by atoms with Crippen molar-refractivity contribution >= 4 is 11.9 Å². The van der Waals surface area contributed by atoms with Gasteiger partial charge in [-0.1, -0.05) is 60.7 Å². The highest BCUT2D eigenvalue weighted by Gasteiger charge is 2.27. The van der Waals surface area contributed by atoms with Crippen LogP contribution in [-0.4, -0.2) is 44.7 Å². The van der Waals surface area contributed by atoms with E-state index in [1.807, 2.05) is 36.4 Å². The second-order valence-electron chi connectivity index (χ2n) is 7.89. The number of quaternary nitrogens is 1. The number of methoxy groups -OCH3 is 1. The van der Waals surface area contributed by atoms with Crippen LogP contribution in [0.1, 0.15) is 24.0 Å². The molecule has 0 aliphatic carbocycles. The smallest absolute Gasteiger partial charge is 0.328 e. The van der Waals surface area contributed by atoms with Crippen molar-refractivity contribution in [3.63, 3.8) is 0 Å². The molecule has 154 valence electrons. The lowest BCUT2D eigenvalue weighted by atomic mass is 9.90. The summed E-state index contributed by atoms with van der Waals surface area (Å²) in [6, 6.07) is 19.6. The van der Waals surface area contributed by atoms with Crippen LogP contribution in [0, 0.1) is 5.92 Å². The quantitative estimate of drug-likeness (QED) is 0.665. The molecule has 29 heavy (non-hydrogen) atoms. The van der Waals surface area contributed by atoms with E-state index in [0.717, 1.165) is 37.9 Å². The molecule has 1 aliphatic heterocycles. The van der Waals surface area contributed by atoms with Crippen molar-refractivity contribution < 1.29 is 19.2 Å². The first kappa shape index (κ1) is 21.1. The molecule has 2 aromatic rings. The summed E-state index contributed by atoms with van der Waals surface area (Å²) in [4.78, 5) is 26.0. The Morgan fingerprint density at radius 2 is 1.59 bits per heavy atom. The summed E-state index contributed by atoms with van der Waals surface area (Å²) in [6.45, 7) is 2.39. The van der Waals surface area contributed by atoms with E-state index in [1.165, 1.54) is 17.6 Å². The number of amides is 1. The third kappa shape index (κ3) is 6.71. The Labute approximate surface area is 173 Å². The lowest BCUT2D eigenvalue weighted by Gasteiger charge is -2.29.